The van der Waals surface area contributed by atoms with E-state index in [-0.39, 0.29) is 0 Å². The van der Waals surface area contributed by atoms with Crippen molar-refractivity contribution >= 4 is 74.6 Å². The van der Waals surface area contributed by atoms with Gasteiger partial charge in [0.05, 0.1) is 0 Å². The van der Waals surface area contributed by atoms with Crippen molar-refractivity contribution in [1.82, 2.24) is 0 Å². The van der Waals surface area contributed by atoms with E-state index in [1.165, 1.54) is 108 Å². The van der Waals surface area contributed by atoms with Crippen LogP contribution in [0.25, 0.3) is 108 Å². The van der Waals surface area contributed by atoms with Crippen LogP contribution in [0.15, 0.2) is 194 Å². The normalized spacial score (nSPS) is 11.8. The van der Waals surface area contributed by atoms with Crippen LogP contribution in [0.2, 0.25) is 0 Å². The molecule has 0 N–H and O–H groups in total. The Hall–Kier alpha value is -6.54. The molecule has 0 amide bonds. The summed E-state index contributed by atoms with van der Waals surface area (Å²) in [5, 5.41) is 12.9. The van der Waals surface area contributed by atoms with Gasteiger partial charge in [0.2, 0.25) is 0 Å². The van der Waals surface area contributed by atoms with Crippen LogP contribution in [0.5, 0.6) is 0 Å². The van der Waals surface area contributed by atoms with Crippen molar-refractivity contribution in [3.05, 3.63) is 194 Å². The highest BCUT2D eigenvalue weighted by Crippen LogP contribution is 2.46. The Labute approximate surface area is 311 Å². The van der Waals surface area contributed by atoms with Gasteiger partial charge >= 0.3 is 0 Å². The maximum atomic E-state index is 2.42. The molecule has 0 saturated carbocycles. The van der Waals surface area contributed by atoms with Gasteiger partial charge in [-0.3, -0.25) is 0 Å². The minimum absolute atomic E-state index is 1.21. The highest BCUT2D eigenvalue weighted by Gasteiger charge is 2.18. The zero-order chi connectivity index (χ0) is 34.9. The predicted octanol–water partition coefficient (Wildman–Crippen LogP) is 15.3. The molecule has 0 radical (unpaired) electrons. The van der Waals surface area contributed by atoms with Crippen molar-refractivity contribution in [2.75, 3.05) is 0 Å². The Morgan fingerprint density at radius 1 is 0.264 bits per heavy atom. The van der Waals surface area contributed by atoms with Crippen molar-refractivity contribution in [2.45, 2.75) is 0 Å². The standard InChI is InChI=1S/C52H32S/c1-2-13-37-31-38(26-21-33(37)11-1)41-15-6-5-14-40(41)35-22-24-36(25-23-35)50-44-17-7-9-19-46(44)51(47-20-10-8-18-45(47)50)39-28-29-43-48-30-27-34-12-3-4-16-42(34)52(48)53-49(43)32-39/h1-32H. The number of hydrogen-bond donors (Lipinski definition) is 0. The van der Waals surface area contributed by atoms with Crippen LogP contribution < -0.4 is 0 Å². The highest BCUT2D eigenvalue weighted by molar-refractivity contribution is 7.26. The molecule has 11 aromatic rings. The fourth-order valence-corrected chi connectivity index (χ4v) is 9.85. The van der Waals surface area contributed by atoms with Crippen LogP contribution in [0.3, 0.4) is 0 Å². The summed E-state index contributed by atoms with van der Waals surface area (Å²) in [6.07, 6.45) is 0. The van der Waals surface area contributed by atoms with Gasteiger partial charge in [-0.2, -0.15) is 0 Å². The van der Waals surface area contributed by atoms with Gasteiger partial charge in [0.25, 0.3) is 0 Å². The van der Waals surface area contributed by atoms with Crippen molar-refractivity contribution in [3.8, 4) is 44.5 Å². The second-order valence-corrected chi connectivity index (χ2v) is 15.1. The molecule has 0 spiro atoms. The van der Waals surface area contributed by atoms with Crippen LogP contribution in [0.4, 0.5) is 0 Å². The molecule has 11 rings (SSSR count). The molecule has 0 nitrogen and oxygen atoms in total. The summed E-state index contributed by atoms with van der Waals surface area (Å²) in [6.45, 7) is 0. The molecular formula is C52H32S. The van der Waals surface area contributed by atoms with Gasteiger partial charge in [-0.05, 0) is 99.7 Å². The summed E-state index contributed by atoms with van der Waals surface area (Å²) in [4.78, 5) is 0. The molecule has 0 unspecified atom stereocenters. The third-order valence-electron chi connectivity index (χ3n) is 11.1. The molecule has 0 aliphatic carbocycles. The summed E-state index contributed by atoms with van der Waals surface area (Å²) < 4.78 is 2.69. The minimum Gasteiger partial charge on any atom is -0.135 e. The third-order valence-corrected chi connectivity index (χ3v) is 12.3. The van der Waals surface area contributed by atoms with E-state index in [9.17, 15) is 0 Å². The molecule has 246 valence electrons. The van der Waals surface area contributed by atoms with Gasteiger partial charge in [-0.15, -0.1) is 11.3 Å². The fourth-order valence-electron chi connectivity index (χ4n) is 8.57. The molecule has 0 fully saturated rings. The van der Waals surface area contributed by atoms with Crippen molar-refractivity contribution in [3.63, 3.8) is 0 Å². The molecular weight excluding hydrogens is 657 g/mol. The number of hydrogen-bond acceptors (Lipinski definition) is 1. The molecule has 1 heteroatoms. The third kappa shape index (κ3) is 4.82. The molecule has 0 saturated heterocycles. The van der Waals surface area contributed by atoms with Crippen LogP contribution in [0.1, 0.15) is 0 Å². The van der Waals surface area contributed by atoms with Gasteiger partial charge < -0.3 is 0 Å². The zero-order valence-electron chi connectivity index (χ0n) is 28.9. The second kappa shape index (κ2) is 12.0. The molecule has 1 heterocycles. The van der Waals surface area contributed by atoms with Gasteiger partial charge in [-0.25, -0.2) is 0 Å². The first-order valence-corrected chi connectivity index (χ1v) is 19.1. The SMILES string of the molecule is c1ccc(-c2ccc3ccccc3c2)c(-c2ccc(-c3c4ccccc4c(-c4ccc5c(c4)sc4c6ccccc6ccc54)c4ccccc34)cc2)c1. The van der Waals surface area contributed by atoms with E-state index < -0.39 is 0 Å². The van der Waals surface area contributed by atoms with Gasteiger partial charge in [0, 0.05) is 20.2 Å². The molecule has 0 bridgehead atoms. The van der Waals surface area contributed by atoms with Crippen molar-refractivity contribution in [2.24, 2.45) is 0 Å². The van der Waals surface area contributed by atoms with E-state index in [4.69, 9.17) is 0 Å². The summed E-state index contributed by atoms with van der Waals surface area (Å²) in [6, 6.07) is 71.7. The summed E-state index contributed by atoms with van der Waals surface area (Å²) in [5.41, 5.74) is 9.99. The first-order valence-electron chi connectivity index (χ1n) is 18.3. The second-order valence-electron chi connectivity index (χ2n) is 14.0. The zero-order valence-corrected chi connectivity index (χ0v) is 29.7. The van der Waals surface area contributed by atoms with E-state index in [0.29, 0.717) is 0 Å². The summed E-state index contributed by atoms with van der Waals surface area (Å²) in [7, 11) is 0. The van der Waals surface area contributed by atoms with E-state index in [2.05, 4.69) is 194 Å². The number of rotatable bonds is 4. The number of thiophene rings is 1. The van der Waals surface area contributed by atoms with Crippen LogP contribution in [0, 0.1) is 0 Å². The Morgan fingerprint density at radius 3 is 1.43 bits per heavy atom. The Morgan fingerprint density at radius 2 is 0.736 bits per heavy atom. The smallest absolute Gasteiger partial charge is 0.0433 e. The van der Waals surface area contributed by atoms with Gasteiger partial charge in [0.1, 0.15) is 0 Å². The number of benzene rings is 10. The Bertz CT molecular complexity index is 3160. The molecule has 1 aromatic heterocycles. The monoisotopic (exact) mass is 688 g/mol. The van der Waals surface area contributed by atoms with Gasteiger partial charge in [-0.1, -0.05) is 182 Å². The molecule has 10 aromatic carbocycles. The van der Waals surface area contributed by atoms with Crippen molar-refractivity contribution in [1.29, 1.82) is 0 Å². The predicted molar refractivity (Wildman–Crippen MR) is 231 cm³/mol. The maximum absolute atomic E-state index is 2.42. The average molecular weight is 689 g/mol. The van der Waals surface area contributed by atoms with E-state index in [1.54, 1.807) is 0 Å². The quantitative estimate of drug-likeness (QED) is 0.162. The Balaban J connectivity index is 1.06. The lowest BCUT2D eigenvalue weighted by molar-refractivity contribution is 1.59. The van der Waals surface area contributed by atoms with Crippen LogP contribution >= 0.6 is 11.3 Å². The van der Waals surface area contributed by atoms with Crippen LogP contribution in [-0.2, 0) is 0 Å². The first kappa shape index (κ1) is 30.1. The Kier molecular flexibility index (Phi) is 6.83. The maximum Gasteiger partial charge on any atom is 0.0433 e. The van der Waals surface area contributed by atoms with E-state index in [0.717, 1.165) is 0 Å². The van der Waals surface area contributed by atoms with E-state index >= 15 is 0 Å². The lowest BCUT2D eigenvalue weighted by atomic mass is 9.85. The van der Waals surface area contributed by atoms with Crippen molar-refractivity contribution < 1.29 is 0 Å². The van der Waals surface area contributed by atoms with Crippen LogP contribution in [-0.4, -0.2) is 0 Å². The molecule has 0 aliphatic rings. The molecule has 0 aliphatic heterocycles. The first-order chi connectivity index (χ1) is 26.3. The summed E-state index contributed by atoms with van der Waals surface area (Å²) in [5.74, 6) is 0. The highest BCUT2D eigenvalue weighted by atomic mass is 32.1. The molecule has 0 atom stereocenters. The summed E-state index contributed by atoms with van der Waals surface area (Å²) >= 11 is 1.91. The minimum atomic E-state index is 1.21. The lowest BCUT2D eigenvalue weighted by Gasteiger charge is -2.18. The fraction of sp³-hybridized carbons (Fsp3) is 0. The lowest BCUT2D eigenvalue weighted by Crippen LogP contribution is -1.91. The van der Waals surface area contributed by atoms with Gasteiger partial charge in [0.15, 0.2) is 0 Å². The van der Waals surface area contributed by atoms with E-state index in [1.807, 2.05) is 11.3 Å². The number of fused-ring (bicyclic) bond motifs is 8. The molecule has 53 heavy (non-hydrogen) atoms. The largest absolute Gasteiger partial charge is 0.135 e. The topological polar surface area (TPSA) is 0 Å². The average Bonchev–Trinajstić information content (AvgIpc) is 3.61.